The van der Waals surface area contributed by atoms with Crippen LogP contribution in [0, 0.1) is 5.41 Å². The zero-order valence-corrected chi connectivity index (χ0v) is 12.6. The van der Waals surface area contributed by atoms with Crippen LogP contribution in [0.1, 0.15) is 32.4 Å². The molecule has 0 amide bonds. The molecule has 0 aliphatic carbocycles. The van der Waals surface area contributed by atoms with E-state index in [1.807, 2.05) is 0 Å². The summed E-state index contributed by atoms with van der Waals surface area (Å²) in [6.45, 7) is 5.34. The molecule has 1 aromatic carbocycles. The Bertz CT molecular complexity index is 465. The number of hydrogen-bond donors (Lipinski definition) is 1. The monoisotopic (exact) mass is 282 g/mol. The largest absolute Gasteiger partial charge is 0.493 e. The summed E-state index contributed by atoms with van der Waals surface area (Å²) in [6.07, 6.45) is -0.579. The first-order valence-electron chi connectivity index (χ1n) is 6.39. The summed E-state index contributed by atoms with van der Waals surface area (Å²) in [4.78, 5) is 11.6. The molecule has 0 saturated heterocycles. The Morgan fingerprint density at radius 2 is 1.95 bits per heavy atom. The fraction of sp³-hybridized carbons (Fsp3) is 0.533. The second-order valence-corrected chi connectivity index (χ2v) is 5.25. The van der Waals surface area contributed by atoms with Crippen molar-refractivity contribution in [3.63, 3.8) is 0 Å². The van der Waals surface area contributed by atoms with Crippen LogP contribution in [-0.4, -0.2) is 31.9 Å². The Morgan fingerprint density at radius 3 is 2.45 bits per heavy atom. The summed E-state index contributed by atoms with van der Waals surface area (Å²) in [5.74, 6) is 0.704. The van der Waals surface area contributed by atoms with E-state index in [0.29, 0.717) is 11.5 Å². The number of rotatable bonds is 6. The van der Waals surface area contributed by atoms with E-state index in [-0.39, 0.29) is 12.6 Å². The lowest BCUT2D eigenvalue weighted by Crippen LogP contribution is -2.32. The van der Waals surface area contributed by atoms with Crippen molar-refractivity contribution in [2.45, 2.75) is 26.9 Å². The molecule has 0 spiro atoms. The maximum Gasteiger partial charge on any atom is 0.314 e. The van der Waals surface area contributed by atoms with Crippen LogP contribution in [0.5, 0.6) is 11.5 Å². The van der Waals surface area contributed by atoms with E-state index in [1.54, 1.807) is 39.0 Å². The Balaban J connectivity index is 2.85. The number of ether oxygens (including phenoxy) is 3. The molecule has 0 heterocycles. The summed E-state index contributed by atoms with van der Waals surface area (Å²) >= 11 is 0. The standard InChI is InChI=1S/C15H22O5/c1-10(16)11-6-7-12(13(8-11)18-4)20-9-15(2,3)14(17)19-5/h6-8,10,16H,9H2,1-5H3. The van der Waals surface area contributed by atoms with Crippen LogP contribution in [-0.2, 0) is 9.53 Å². The summed E-state index contributed by atoms with van der Waals surface area (Å²) in [5.41, 5.74) is -0.00988. The molecule has 1 unspecified atom stereocenters. The second-order valence-electron chi connectivity index (χ2n) is 5.25. The number of esters is 1. The molecule has 0 aromatic heterocycles. The summed E-state index contributed by atoms with van der Waals surface area (Å²) in [7, 11) is 2.88. The van der Waals surface area contributed by atoms with E-state index < -0.39 is 11.5 Å². The van der Waals surface area contributed by atoms with Gasteiger partial charge >= 0.3 is 5.97 Å². The third kappa shape index (κ3) is 3.87. The van der Waals surface area contributed by atoms with Crippen LogP contribution in [0.15, 0.2) is 18.2 Å². The minimum atomic E-state index is -0.747. The van der Waals surface area contributed by atoms with Gasteiger partial charge in [0.05, 0.1) is 25.7 Å². The van der Waals surface area contributed by atoms with E-state index in [0.717, 1.165) is 5.56 Å². The van der Waals surface area contributed by atoms with Gasteiger partial charge in [0.15, 0.2) is 11.5 Å². The highest BCUT2D eigenvalue weighted by Gasteiger charge is 2.30. The van der Waals surface area contributed by atoms with Crippen LogP contribution in [0.25, 0.3) is 0 Å². The van der Waals surface area contributed by atoms with Gasteiger partial charge in [-0.05, 0) is 38.5 Å². The number of methoxy groups -OCH3 is 2. The summed E-state index contributed by atoms with van der Waals surface area (Å²) in [6, 6.07) is 5.19. The van der Waals surface area contributed by atoms with Crippen LogP contribution in [0.4, 0.5) is 0 Å². The van der Waals surface area contributed by atoms with Crippen molar-refractivity contribution in [3.05, 3.63) is 23.8 Å². The highest BCUT2D eigenvalue weighted by Crippen LogP contribution is 2.31. The van der Waals surface area contributed by atoms with Gasteiger partial charge in [-0.15, -0.1) is 0 Å². The van der Waals surface area contributed by atoms with E-state index >= 15 is 0 Å². The minimum absolute atomic E-state index is 0.171. The predicted octanol–water partition coefficient (Wildman–Crippen LogP) is 2.33. The van der Waals surface area contributed by atoms with Crippen molar-refractivity contribution in [3.8, 4) is 11.5 Å². The molecule has 1 atom stereocenters. The van der Waals surface area contributed by atoms with Gasteiger partial charge in [0.2, 0.25) is 0 Å². The van der Waals surface area contributed by atoms with Crippen molar-refractivity contribution < 1.29 is 24.1 Å². The molecule has 1 rings (SSSR count). The van der Waals surface area contributed by atoms with Crippen LogP contribution in [0.3, 0.4) is 0 Å². The van der Waals surface area contributed by atoms with E-state index in [2.05, 4.69) is 0 Å². The summed E-state index contributed by atoms with van der Waals surface area (Å²) in [5, 5.41) is 9.54. The van der Waals surface area contributed by atoms with Crippen molar-refractivity contribution in [1.29, 1.82) is 0 Å². The third-order valence-electron chi connectivity index (χ3n) is 3.00. The Hall–Kier alpha value is -1.75. The molecule has 0 radical (unpaired) electrons. The first-order valence-corrected chi connectivity index (χ1v) is 6.39. The molecule has 0 aliphatic rings. The van der Waals surface area contributed by atoms with Gasteiger partial charge in [-0.2, -0.15) is 0 Å². The fourth-order valence-corrected chi connectivity index (χ4v) is 1.66. The van der Waals surface area contributed by atoms with Crippen LogP contribution >= 0.6 is 0 Å². The maximum atomic E-state index is 11.6. The number of benzene rings is 1. The average Bonchev–Trinajstić information content (AvgIpc) is 2.43. The van der Waals surface area contributed by atoms with E-state index in [4.69, 9.17) is 14.2 Å². The van der Waals surface area contributed by atoms with Crippen molar-refractivity contribution in [2.24, 2.45) is 5.41 Å². The predicted molar refractivity (Wildman–Crippen MR) is 74.9 cm³/mol. The SMILES string of the molecule is COC(=O)C(C)(C)COc1ccc(C(C)O)cc1OC. The van der Waals surface area contributed by atoms with E-state index in [1.165, 1.54) is 14.2 Å². The lowest BCUT2D eigenvalue weighted by Gasteiger charge is -2.22. The van der Waals surface area contributed by atoms with Gasteiger partial charge < -0.3 is 19.3 Å². The topological polar surface area (TPSA) is 65.0 Å². The molecular formula is C15H22O5. The molecule has 0 fully saturated rings. The molecule has 0 aliphatic heterocycles. The lowest BCUT2D eigenvalue weighted by atomic mass is 9.95. The highest BCUT2D eigenvalue weighted by atomic mass is 16.5. The first-order chi connectivity index (χ1) is 9.31. The highest BCUT2D eigenvalue weighted by molar-refractivity contribution is 5.75. The Morgan fingerprint density at radius 1 is 1.30 bits per heavy atom. The maximum absolute atomic E-state index is 11.6. The van der Waals surface area contributed by atoms with Gasteiger partial charge in [-0.1, -0.05) is 6.07 Å². The van der Waals surface area contributed by atoms with Crippen molar-refractivity contribution >= 4 is 5.97 Å². The molecule has 112 valence electrons. The van der Waals surface area contributed by atoms with Crippen LogP contribution in [0.2, 0.25) is 0 Å². The molecular weight excluding hydrogens is 260 g/mol. The minimum Gasteiger partial charge on any atom is -0.493 e. The number of aliphatic hydroxyl groups excluding tert-OH is 1. The first kappa shape index (κ1) is 16.3. The lowest BCUT2D eigenvalue weighted by molar-refractivity contribution is -0.152. The molecule has 1 N–H and O–H groups in total. The summed E-state index contributed by atoms with van der Waals surface area (Å²) < 4.78 is 15.6. The molecule has 1 aromatic rings. The molecule has 5 heteroatoms. The normalized spacial score (nSPS) is 12.7. The molecule has 20 heavy (non-hydrogen) atoms. The zero-order chi connectivity index (χ0) is 15.3. The molecule has 0 saturated carbocycles. The van der Waals surface area contributed by atoms with Crippen LogP contribution < -0.4 is 9.47 Å². The van der Waals surface area contributed by atoms with Crippen molar-refractivity contribution in [2.75, 3.05) is 20.8 Å². The number of carbonyl (C=O) groups is 1. The average molecular weight is 282 g/mol. The zero-order valence-electron chi connectivity index (χ0n) is 12.6. The van der Waals surface area contributed by atoms with Gasteiger partial charge in [0.1, 0.15) is 6.61 Å². The third-order valence-corrected chi connectivity index (χ3v) is 3.00. The Labute approximate surface area is 119 Å². The molecule has 5 nitrogen and oxygen atoms in total. The van der Waals surface area contributed by atoms with Crippen molar-refractivity contribution in [1.82, 2.24) is 0 Å². The quantitative estimate of drug-likeness (QED) is 0.811. The Kier molecular flexibility index (Phi) is 5.39. The van der Waals surface area contributed by atoms with Gasteiger partial charge in [0, 0.05) is 0 Å². The second kappa shape index (κ2) is 6.61. The van der Waals surface area contributed by atoms with Gasteiger partial charge in [-0.3, -0.25) is 4.79 Å². The van der Waals surface area contributed by atoms with E-state index in [9.17, 15) is 9.90 Å². The fourth-order valence-electron chi connectivity index (χ4n) is 1.66. The smallest absolute Gasteiger partial charge is 0.314 e. The molecule has 0 bridgehead atoms. The number of aliphatic hydroxyl groups is 1. The number of hydrogen-bond acceptors (Lipinski definition) is 5. The van der Waals surface area contributed by atoms with Gasteiger partial charge in [-0.25, -0.2) is 0 Å². The van der Waals surface area contributed by atoms with Gasteiger partial charge in [0.25, 0.3) is 0 Å². The number of carbonyl (C=O) groups excluding carboxylic acids is 1.